The van der Waals surface area contributed by atoms with Gasteiger partial charge >= 0.3 is 0 Å². The molecule has 0 unspecified atom stereocenters. The van der Waals surface area contributed by atoms with E-state index in [-0.39, 0.29) is 10.7 Å². The third-order valence-corrected chi connectivity index (χ3v) is 6.63. The fraction of sp³-hybridized carbons (Fsp3) is 0.200. The monoisotopic (exact) mass is 497 g/mol. The Morgan fingerprint density at radius 2 is 1.80 bits per heavy atom. The van der Waals surface area contributed by atoms with Gasteiger partial charge in [-0.3, -0.25) is 4.79 Å². The van der Waals surface area contributed by atoms with Crippen LogP contribution >= 0.6 is 0 Å². The molecule has 0 saturated heterocycles. The first-order valence-electron chi connectivity index (χ1n) is 10.8. The van der Waals surface area contributed by atoms with Gasteiger partial charge < -0.3 is 15.2 Å². The average Bonchev–Trinajstić information content (AvgIpc) is 3.25. The van der Waals surface area contributed by atoms with Crippen LogP contribution in [0.2, 0.25) is 0 Å². The van der Waals surface area contributed by atoms with Gasteiger partial charge in [-0.1, -0.05) is 12.1 Å². The van der Waals surface area contributed by atoms with Gasteiger partial charge in [-0.15, -0.1) is 0 Å². The van der Waals surface area contributed by atoms with Crippen molar-refractivity contribution in [3.63, 3.8) is 0 Å². The summed E-state index contributed by atoms with van der Waals surface area (Å²) in [6, 6.07) is 17.0. The maximum absolute atomic E-state index is 13.3. The number of carbonyl (C=O) groups is 1. The molecular formula is C25H24FN3O5S. The molecule has 35 heavy (non-hydrogen) atoms. The van der Waals surface area contributed by atoms with E-state index in [1.807, 2.05) is 6.07 Å². The van der Waals surface area contributed by atoms with Crippen LogP contribution in [0.25, 0.3) is 16.6 Å². The predicted molar refractivity (Wildman–Crippen MR) is 129 cm³/mol. The summed E-state index contributed by atoms with van der Waals surface area (Å²) in [6.45, 7) is 1.06. The molecule has 0 spiro atoms. The number of hydrogen-bond donors (Lipinski definition) is 2. The highest BCUT2D eigenvalue weighted by atomic mass is 32.2. The zero-order chi connectivity index (χ0) is 25.2. The van der Waals surface area contributed by atoms with Gasteiger partial charge in [-0.05, 0) is 67.1 Å². The normalized spacial score (nSPS) is 13.4. The Hall–Kier alpha value is -3.76. The number of rotatable bonds is 8. The number of fused-ring (bicyclic) bond motifs is 1. The van der Waals surface area contributed by atoms with Crippen LogP contribution in [-0.4, -0.2) is 48.1 Å². The van der Waals surface area contributed by atoms with Crippen LogP contribution in [-0.2, 0) is 14.6 Å². The Labute approximate surface area is 201 Å². The molecule has 4 aromatic rings. The van der Waals surface area contributed by atoms with E-state index in [2.05, 4.69) is 10.4 Å². The van der Waals surface area contributed by atoms with Crippen molar-refractivity contribution in [2.45, 2.75) is 24.0 Å². The highest BCUT2D eigenvalue weighted by Gasteiger charge is 2.24. The molecule has 182 valence electrons. The molecule has 0 saturated carbocycles. The topological polar surface area (TPSA) is 111 Å². The third kappa shape index (κ3) is 5.50. The zero-order valence-corrected chi connectivity index (χ0v) is 19.9. The minimum atomic E-state index is -3.37. The molecule has 1 amide bonds. The summed E-state index contributed by atoms with van der Waals surface area (Å²) in [7, 11) is -3.37. The minimum Gasteiger partial charge on any atom is -0.484 e. The summed E-state index contributed by atoms with van der Waals surface area (Å²) >= 11 is 0. The van der Waals surface area contributed by atoms with E-state index in [0.717, 1.165) is 17.2 Å². The summed E-state index contributed by atoms with van der Waals surface area (Å²) in [5.74, 6) is -0.396. The van der Waals surface area contributed by atoms with Crippen molar-refractivity contribution in [2.75, 3.05) is 12.9 Å². The Kier molecular flexibility index (Phi) is 6.86. The Bertz CT molecular complexity index is 1450. The molecule has 0 bridgehead atoms. The highest BCUT2D eigenvalue weighted by molar-refractivity contribution is 7.90. The molecule has 4 rings (SSSR count). The van der Waals surface area contributed by atoms with Gasteiger partial charge in [0, 0.05) is 11.6 Å². The lowest BCUT2D eigenvalue weighted by Gasteiger charge is -2.26. The SMILES string of the molecule is C[C@H](NC(=O)CO)[C@@H](Oc1ccc2c(cnn2-c2ccc(F)cc2)c1)c1ccc(S(C)(=O)=O)cc1. The molecule has 10 heteroatoms. The number of aliphatic hydroxyl groups is 1. The molecule has 0 aliphatic heterocycles. The largest absolute Gasteiger partial charge is 0.484 e. The summed E-state index contributed by atoms with van der Waals surface area (Å²) in [5.41, 5.74) is 2.14. The van der Waals surface area contributed by atoms with Crippen LogP contribution < -0.4 is 10.1 Å². The predicted octanol–water partition coefficient (Wildman–Crippen LogP) is 3.19. The minimum absolute atomic E-state index is 0.168. The number of amides is 1. The number of aromatic nitrogens is 2. The average molecular weight is 498 g/mol. The van der Waals surface area contributed by atoms with Gasteiger partial charge in [0.05, 0.1) is 28.3 Å². The van der Waals surface area contributed by atoms with E-state index in [0.29, 0.717) is 17.0 Å². The van der Waals surface area contributed by atoms with Crippen molar-refractivity contribution in [1.29, 1.82) is 0 Å². The quantitative estimate of drug-likeness (QED) is 0.387. The molecule has 2 N–H and O–H groups in total. The van der Waals surface area contributed by atoms with E-state index in [1.54, 1.807) is 54.2 Å². The van der Waals surface area contributed by atoms with Crippen LogP contribution in [0.1, 0.15) is 18.6 Å². The van der Waals surface area contributed by atoms with Crippen molar-refractivity contribution in [2.24, 2.45) is 0 Å². The van der Waals surface area contributed by atoms with Crippen molar-refractivity contribution >= 4 is 26.6 Å². The van der Waals surface area contributed by atoms with Crippen LogP contribution in [0.4, 0.5) is 4.39 Å². The first-order chi connectivity index (χ1) is 16.7. The molecule has 1 aromatic heterocycles. The van der Waals surface area contributed by atoms with Gasteiger partial charge in [0.2, 0.25) is 5.91 Å². The van der Waals surface area contributed by atoms with Gasteiger partial charge in [-0.2, -0.15) is 5.10 Å². The Morgan fingerprint density at radius 3 is 2.43 bits per heavy atom. The second kappa shape index (κ2) is 9.85. The Morgan fingerprint density at radius 1 is 1.11 bits per heavy atom. The van der Waals surface area contributed by atoms with Crippen molar-refractivity contribution in [3.05, 3.63) is 84.3 Å². The fourth-order valence-corrected chi connectivity index (χ4v) is 4.39. The number of hydrogen-bond acceptors (Lipinski definition) is 6. The second-order valence-corrected chi connectivity index (χ2v) is 10.2. The number of halogens is 1. The number of benzene rings is 3. The standard InChI is InChI=1S/C25H24FN3O5S/c1-16(28-24(31)15-30)25(17-3-10-22(11-4-17)35(2,32)33)34-21-9-12-23-18(13-21)14-27-29(23)20-7-5-19(26)6-8-20/h3-14,16,25,30H,15H2,1-2H3,(H,28,31)/t16-,25+/m0/s1. The number of nitrogens with zero attached hydrogens (tertiary/aromatic N) is 2. The molecule has 0 radical (unpaired) electrons. The lowest BCUT2D eigenvalue weighted by molar-refractivity contribution is -0.125. The van der Waals surface area contributed by atoms with E-state index in [9.17, 15) is 17.6 Å². The van der Waals surface area contributed by atoms with Crippen LogP contribution in [0, 0.1) is 5.82 Å². The summed E-state index contributed by atoms with van der Waals surface area (Å²) in [5, 5.41) is 17.0. The van der Waals surface area contributed by atoms with Crippen LogP contribution in [0.15, 0.2) is 77.8 Å². The highest BCUT2D eigenvalue weighted by Crippen LogP contribution is 2.29. The van der Waals surface area contributed by atoms with E-state index >= 15 is 0 Å². The maximum atomic E-state index is 13.3. The molecule has 0 fully saturated rings. The molecule has 0 aliphatic rings. The summed E-state index contributed by atoms with van der Waals surface area (Å²) in [4.78, 5) is 12.0. The smallest absolute Gasteiger partial charge is 0.246 e. The molecule has 0 aliphatic carbocycles. The maximum Gasteiger partial charge on any atom is 0.246 e. The summed E-state index contributed by atoms with van der Waals surface area (Å²) in [6.07, 6.45) is 2.11. The number of sulfone groups is 1. The fourth-order valence-electron chi connectivity index (χ4n) is 3.76. The summed E-state index contributed by atoms with van der Waals surface area (Å²) < 4.78 is 44.9. The van der Waals surface area contributed by atoms with Crippen molar-refractivity contribution < 1.29 is 27.4 Å². The van der Waals surface area contributed by atoms with Crippen LogP contribution in [0.5, 0.6) is 5.75 Å². The van der Waals surface area contributed by atoms with Gasteiger partial charge in [0.25, 0.3) is 0 Å². The number of aliphatic hydroxyl groups excluding tert-OH is 1. The lowest BCUT2D eigenvalue weighted by atomic mass is 10.0. The molecule has 8 nitrogen and oxygen atoms in total. The lowest BCUT2D eigenvalue weighted by Crippen LogP contribution is -2.40. The number of carbonyl (C=O) groups excluding carboxylic acids is 1. The first-order valence-corrected chi connectivity index (χ1v) is 12.7. The first kappa shape index (κ1) is 24.4. The van der Waals surface area contributed by atoms with E-state index in [1.165, 1.54) is 24.3 Å². The van der Waals surface area contributed by atoms with E-state index in [4.69, 9.17) is 9.84 Å². The third-order valence-electron chi connectivity index (χ3n) is 5.50. The van der Waals surface area contributed by atoms with Gasteiger partial charge in [0.15, 0.2) is 9.84 Å². The molecular weight excluding hydrogens is 473 g/mol. The van der Waals surface area contributed by atoms with Crippen molar-refractivity contribution in [3.8, 4) is 11.4 Å². The van der Waals surface area contributed by atoms with Crippen LogP contribution in [0.3, 0.4) is 0 Å². The van der Waals surface area contributed by atoms with E-state index < -0.39 is 34.5 Å². The van der Waals surface area contributed by atoms with Gasteiger partial charge in [0.1, 0.15) is 24.3 Å². The molecule has 3 aromatic carbocycles. The molecule has 1 heterocycles. The number of nitrogens with one attached hydrogen (secondary N) is 1. The Balaban J connectivity index is 1.65. The number of ether oxygens (including phenoxy) is 1. The molecule has 2 atom stereocenters. The van der Waals surface area contributed by atoms with Gasteiger partial charge in [-0.25, -0.2) is 17.5 Å². The zero-order valence-electron chi connectivity index (χ0n) is 19.1. The second-order valence-electron chi connectivity index (χ2n) is 8.15. The van der Waals surface area contributed by atoms with Crippen molar-refractivity contribution in [1.82, 2.24) is 15.1 Å².